The smallest absolute Gasteiger partial charge is 0.343 e. The molecule has 0 saturated carbocycles. The summed E-state index contributed by atoms with van der Waals surface area (Å²) in [5.41, 5.74) is 1.41. The summed E-state index contributed by atoms with van der Waals surface area (Å²) in [6, 6.07) is 15.2. The summed E-state index contributed by atoms with van der Waals surface area (Å²) >= 11 is 0. The van der Waals surface area contributed by atoms with E-state index in [1.54, 1.807) is 68.6 Å². The van der Waals surface area contributed by atoms with Crippen molar-refractivity contribution in [1.29, 1.82) is 0 Å². The molecule has 3 rings (SSSR count). The van der Waals surface area contributed by atoms with Crippen molar-refractivity contribution in [2.45, 2.75) is 63.3 Å². The molecule has 3 atom stereocenters. The first-order valence-corrected chi connectivity index (χ1v) is 14.8. The van der Waals surface area contributed by atoms with Crippen LogP contribution in [0.4, 0.5) is 23.7 Å². The molecule has 4 N–H and O–H groups in total. The highest BCUT2D eigenvalue weighted by molar-refractivity contribution is 5.90. The first kappa shape index (κ1) is 34.4. The minimum atomic E-state index is -5.05. The van der Waals surface area contributed by atoms with Gasteiger partial charge < -0.3 is 31.1 Å². The van der Waals surface area contributed by atoms with Gasteiger partial charge in [-0.05, 0) is 63.8 Å². The van der Waals surface area contributed by atoms with Gasteiger partial charge in [0.1, 0.15) is 6.04 Å². The summed E-state index contributed by atoms with van der Waals surface area (Å²) in [6.45, 7) is 1.72. The third kappa shape index (κ3) is 10.5. The van der Waals surface area contributed by atoms with Crippen LogP contribution in [0.1, 0.15) is 38.2 Å². The second-order valence-electron chi connectivity index (χ2n) is 10.8. The third-order valence-electron chi connectivity index (χ3n) is 7.56. The summed E-state index contributed by atoms with van der Waals surface area (Å²) < 4.78 is 40.6. The molecule has 44 heavy (non-hydrogen) atoms. The van der Waals surface area contributed by atoms with Crippen LogP contribution in [0.3, 0.4) is 0 Å². The van der Waals surface area contributed by atoms with Crippen molar-refractivity contribution in [2.75, 3.05) is 38.5 Å². The average molecular weight is 619 g/mol. The fourth-order valence-corrected chi connectivity index (χ4v) is 5.02. The second kappa shape index (κ2) is 16.6. The zero-order valence-corrected chi connectivity index (χ0v) is 25.0. The standard InChI is InChI=1S/C31H41F3N6O4/c1-22(35-2)27(41)38-26(16-9-18-36-30(44)37-24-13-7-4-8-14-24)28(42)40-19-10-15-25(40)21-39(29(43)31(32,33)34)20-17-23-11-5-3-6-12-23/h3-8,11-14,22,25-26,35H,9-10,15-21H2,1-2H3,(H,38,41)(H2,36,37,44)/t22-,25-,26-/m0/s1. The van der Waals surface area contributed by atoms with Gasteiger partial charge in [-0.2, -0.15) is 13.2 Å². The number of carbonyl (C=O) groups excluding carboxylic acids is 4. The van der Waals surface area contributed by atoms with Crippen molar-refractivity contribution < 1.29 is 32.3 Å². The maximum absolute atomic E-state index is 13.8. The molecule has 240 valence electrons. The van der Waals surface area contributed by atoms with Crippen molar-refractivity contribution in [2.24, 2.45) is 0 Å². The van der Waals surface area contributed by atoms with Gasteiger partial charge in [-0.25, -0.2) is 4.79 Å². The Morgan fingerprint density at radius 3 is 2.32 bits per heavy atom. The van der Waals surface area contributed by atoms with Crippen molar-refractivity contribution in [1.82, 2.24) is 25.8 Å². The molecular weight excluding hydrogens is 577 g/mol. The topological polar surface area (TPSA) is 123 Å². The molecule has 0 unspecified atom stereocenters. The number of nitrogens with one attached hydrogen (secondary N) is 4. The van der Waals surface area contributed by atoms with Crippen molar-refractivity contribution in [3.05, 3.63) is 66.2 Å². The highest BCUT2D eigenvalue weighted by Gasteiger charge is 2.44. The molecule has 1 fully saturated rings. The quantitative estimate of drug-likeness (QED) is 0.242. The number of halogens is 3. The predicted molar refractivity (Wildman–Crippen MR) is 161 cm³/mol. The van der Waals surface area contributed by atoms with Gasteiger partial charge in [0.2, 0.25) is 11.8 Å². The van der Waals surface area contributed by atoms with Crippen LogP contribution >= 0.6 is 0 Å². The van der Waals surface area contributed by atoms with Gasteiger partial charge >= 0.3 is 18.1 Å². The van der Waals surface area contributed by atoms with Crippen LogP contribution in [0.15, 0.2) is 60.7 Å². The number of alkyl halides is 3. The molecule has 1 heterocycles. The fraction of sp³-hybridized carbons (Fsp3) is 0.484. The Labute approximate surface area is 255 Å². The van der Waals surface area contributed by atoms with E-state index in [-0.39, 0.29) is 32.5 Å². The van der Waals surface area contributed by atoms with Gasteiger partial charge in [-0.15, -0.1) is 0 Å². The number of likely N-dealkylation sites (N-methyl/N-ethyl adjacent to an activating group) is 1. The molecule has 13 heteroatoms. The lowest BCUT2D eigenvalue weighted by atomic mass is 10.1. The molecule has 1 aliphatic heterocycles. The molecule has 2 aromatic rings. The highest BCUT2D eigenvalue weighted by Crippen LogP contribution is 2.24. The van der Waals surface area contributed by atoms with E-state index in [4.69, 9.17) is 0 Å². The largest absolute Gasteiger partial charge is 0.471 e. The summed E-state index contributed by atoms with van der Waals surface area (Å²) in [6.07, 6.45) is -3.31. The Bertz CT molecular complexity index is 1230. The van der Waals surface area contributed by atoms with E-state index in [9.17, 15) is 32.3 Å². The van der Waals surface area contributed by atoms with E-state index in [0.717, 1.165) is 10.5 Å². The summed E-state index contributed by atoms with van der Waals surface area (Å²) in [7, 11) is 1.61. The molecule has 0 aliphatic carbocycles. The van der Waals surface area contributed by atoms with Crippen LogP contribution in [-0.2, 0) is 20.8 Å². The number of benzene rings is 2. The van der Waals surface area contributed by atoms with E-state index in [2.05, 4.69) is 21.3 Å². The summed E-state index contributed by atoms with van der Waals surface area (Å²) in [4.78, 5) is 53.3. The van der Waals surface area contributed by atoms with Crippen LogP contribution in [0.5, 0.6) is 0 Å². The first-order chi connectivity index (χ1) is 21.0. The first-order valence-electron chi connectivity index (χ1n) is 14.8. The van der Waals surface area contributed by atoms with E-state index in [0.29, 0.717) is 31.5 Å². The van der Waals surface area contributed by atoms with Crippen molar-refractivity contribution >= 4 is 29.4 Å². The van der Waals surface area contributed by atoms with Crippen LogP contribution in [0.25, 0.3) is 0 Å². The monoisotopic (exact) mass is 618 g/mol. The lowest BCUT2D eigenvalue weighted by Crippen LogP contribution is -2.55. The SMILES string of the molecule is CN[C@@H](C)C(=O)N[C@@H](CCCNC(=O)Nc1ccccc1)C(=O)N1CCC[C@H]1CN(CCc1ccccc1)C(=O)C(F)(F)F. The maximum Gasteiger partial charge on any atom is 0.471 e. The molecule has 0 spiro atoms. The maximum atomic E-state index is 13.8. The molecular formula is C31H41F3N6O4. The predicted octanol–water partition coefficient (Wildman–Crippen LogP) is 3.31. The second-order valence-corrected chi connectivity index (χ2v) is 10.8. The molecule has 0 bridgehead atoms. The van der Waals surface area contributed by atoms with Crippen LogP contribution in [0, 0.1) is 0 Å². The normalized spacial score (nSPS) is 16.1. The number of hydrogen-bond acceptors (Lipinski definition) is 5. The van der Waals surface area contributed by atoms with Crippen molar-refractivity contribution in [3.8, 4) is 0 Å². The zero-order valence-electron chi connectivity index (χ0n) is 25.0. The molecule has 5 amide bonds. The van der Waals surface area contributed by atoms with Gasteiger partial charge in [-0.3, -0.25) is 14.4 Å². The van der Waals surface area contributed by atoms with E-state index < -0.39 is 48.1 Å². The van der Waals surface area contributed by atoms with Crippen LogP contribution < -0.4 is 21.3 Å². The number of carbonyl (C=O) groups is 4. The number of likely N-dealkylation sites (tertiary alicyclic amines) is 1. The van der Waals surface area contributed by atoms with Crippen LogP contribution in [-0.4, -0.2) is 91.1 Å². The number of urea groups is 1. The minimum Gasteiger partial charge on any atom is -0.343 e. The summed E-state index contributed by atoms with van der Waals surface area (Å²) in [5.74, 6) is -2.78. The average Bonchev–Trinajstić information content (AvgIpc) is 3.48. The van der Waals surface area contributed by atoms with E-state index in [1.807, 2.05) is 6.07 Å². The Hall–Kier alpha value is -4.13. The summed E-state index contributed by atoms with van der Waals surface area (Å²) in [5, 5.41) is 11.0. The highest BCUT2D eigenvalue weighted by atomic mass is 19.4. The van der Waals surface area contributed by atoms with Gasteiger partial charge in [0, 0.05) is 37.9 Å². The fourth-order valence-electron chi connectivity index (χ4n) is 5.02. The minimum absolute atomic E-state index is 0.155. The molecule has 10 nitrogen and oxygen atoms in total. The number of hydrogen-bond donors (Lipinski definition) is 4. The number of amides is 5. The molecule has 2 aromatic carbocycles. The number of para-hydroxylation sites is 1. The Balaban J connectivity index is 1.66. The molecule has 0 radical (unpaired) electrons. The van der Waals surface area contributed by atoms with Gasteiger partial charge in [0.05, 0.1) is 6.04 Å². The Morgan fingerprint density at radius 1 is 1.02 bits per heavy atom. The van der Waals surface area contributed by atoms with Crippen LogP contribution in [0.2, 0.25) is 0 Å². The van der Waals surface area contributed by atoms with Crippen molar-refractivity contribution in [3.63, 3.8) is 0 Å². The lowest BCUT2D eigenvalue weighted by molar-refractivity contribution is -0.186. The zero-order chi connectivity index (χ0) is 32.1. The molecule has 1 aliphatic rings. The van der Waals surface area contributed by atoms with Gasteiger partial charge in [-0.1, -0.05) is 48.5 Å². The lowest BCUT2D eigenvalue weighted by Gasteiger charge is -2.33. The number of anilines is 1. The molecule has 1 saturated heterocycles. The number of nitrogens with zero attached hydrogens (tertiary/aromatic N) is 2. The Kier molecular flexibility index (Phi) is 13.0. The van der Waals surface area contributed by atoms with Gasteiger partial charge in [0.25, 0.3) is 0 Å². The Morgan fingerprint density at radius 2 is 1.68 bits per heavy atom. The molecule has 0 aromatic heterocycles. The van der Waals surface area contributed by atoms with E-state index in [1.165, 1.54) is 4.90 Å². The number of rotatable bonds is 14. The third-order valence-corrected chi connectivity index (χ3v) is 7.56. The van der Waals surface area contributed by atoms with Gasteiger partial charge in [0.15, 0.2) is 0 Å². The van der Waals surface area contributed by atoms with E-state index >= 15 is 0 Å².